The van der Waals surface area contributed by atoms with Crippen LogP contribution in [-0.2, 0) is 14.3 Å². The van der Waals surface area contributed by atoms with E-state index in [4.69, 9.17) is 5.11 Å². The lowest BCUT2D eigenvalue weighted by Gasteiger charge is -2.38. The first kappa shape index (κ1) is 12.0. The standard InChI is InChI=1S/C11H18O4/c1-10(2)4-6-11(7-5-10,8(12)13)9(14)15-3/h4-7H2,1-3H3,(H,12,13). The summed E-state index contributed by atoms with van der Waals surface area (Å²) in [5.41, 5.74) is -1.17. The molecule has 1 N–H and O–H groups in total. The Morgan fingerprint density at radius 2 is 1.60 bits per heavy atom. The SMILES string of the molecule is COC(=O)C1(C(=O)O)CCC(C)(C)CC1. The highest BCUT2D eigenvalue weighted by molar-refractivity contribution is 5.99. The Balaban J connectivity index is 2.88. The van der Waals surface area contributed by atoms with Crippen LogP contribution >= 0.6 is 0 Å². The smallest absolute Gasteiger partial charge is 0.323 e. The molecule has 0 atom stereocenters. The van der Waals surface area contributed by atoms with Crippen molar-refractivity contribution >= 4 is 11.9 Å². The topological polar surface area (TPSA) is 63.6 Å². The molecule has 0 unspecified atom stereocenters. The molecule has 1 aliphatic rings. The molecule has 0 aromatic heterocycles. The van der Waals surface area contributed by atoms with Gasteiger partial charge in [0.1, 0.15) is 0 Å². The van der Waals surface area contributed by atoms with Gasteiger partial charge in [-0.05, 0) is 31.1 Å². The van der Waals surface area contributed by atoms with Crippen LogP contribution in [0.2, 0.25) is 0 Å². The summed E-state index contributed by atoms with van der Waals surface area (Å²) >= 11 is 0. The minimum absolute atomic E-state index is 0.132. The predicted molar refractivity (Wildman–Crippen MR) is 54.3 cm³/mol. The third kappa shape index (κ3) is 2.13. The van der Waals surface area contributed by atoms with E-state index in [1.54, 1.807) is 0 Å². The number of hydrogen-bond acceptors (Lipinski definition) is 3. The third-order valence-electron chi connectivity index (χ3n) is 3.44. The van der Waals surface area contributed by atoms with Gasteiger partial charge in [0, 0.05) is 0 Å². The van der Waals surface area contributed by atoms with Crippen LogP contribution in [0.5, 0.6) is 0 Å². The maximum absolute atomic E-state index is 11.5. The molecule has 1 aliphatic carbocycles. The summed E-state index contributed by atoms with van der Waals surface area (Å²) in [4.78, 5) is 22.7. The van der Waals surface area contributed by atoms with Gasteiger partial charge in [0.05, 0.1) is 7.11 Å². The van der Waals surface area contributed by atoms with Crippen molar-refractivity contribution in [3.8, 4) is 0 Å². The highest BCUT2D eigenvalue weighted by atomic mass is 16.5. The molecule has 0 spiro atoms. The van der Waals surface area contributed by atoms with Crippen LogP contribution in [0.1, 0.15) is 39.5 Å². The van der Waals surface area contributed by atoms with Gasteiger partial charge in [0.2, 0.25) is 0 Å². The van der Waals surface area contributed by atoms with Crippen molar-refractivity contribution in [1.29, 1.82) is 0 Å². The number of hydrogen-bond donors (Lipinski definition) is 1. The highest BCUT2D eigenvalue weighted by Crippen LogP contribution is 2.45. The lowest BCUT2D eigenvalue weighted by molar-refractivity contribution is -0.171. The van der Waals surface area contributed by atoms with Gasteiger partial charge in [-0.2, -0.15) is 0 Å². The summed E-state index contributed by atoms with van der Waals surface area (Å²) < 4.78 is 4.60. The van der Waals surface area contributed by atoms with Crippen molar-refractivity contribution in [1.82, 2.24) is 0 Å². The van der Waals surface area contributed by atoms with Crippen LogP contribution in [0.4, 0.5) is 0 Å². The van der Waals surface area contributed by atoms with Crippen molar-refractivity contribution in [3.05, 3.63) is 0 Å². The van der Waals surface area contributed by atoms with Crippen molar-refractivity contribution < 1.29 is 19.4 Å². The summed E-state index contributed by atoms with van der Waals surface area (Å²) in [5, 5.41) is 9.16. The molecule has 1 rings (SSSR count). The van der Waals surface area contributed by atoms with Crippen LogP contribution in [-0.4, -0.2) is 24.2 Å². The molecule has 0 radical (unpaired) electrons. The van der Waals surface area contributed by atoms with E-state index in [0.717, 1.165) is 12.8 Å². The molecule has 0 aromatic rings. The normalized spacial score (nSPS) is 23.1. The van der Waals surface area contributed by atoms with Crippen LogP contribution in [0.15, 0.2) is 0 Å². The summed E-state index contributed by atoms with van der Waals surface area (Å²) in [6, 6.07) is 0. The number of esters is 1. The molecule has 0 amide bonds. The van der Waals surface area contributed by atoms with Crippen molar-refractivity contribution in [3.63, 3.8) is 0 Å². The van der Waals surface area contributed by atoms with Crippen LogP contribution in [0.25, 0.3) is 0 Å². The van der Waals surface area contributed by atoms with Gasteiger partial charge in [0.15, 0.2) is 5.41 Å². The molecule has 4 nitrogen and oxygen atoms in total. The predicted octanol–water partition coefficient (Wildman–Crippen LogP) is 1.83. The molecule has 0 bridgehead atoms. The van der Waals surface area contributed by atoms with Gasteiger partial charge in [-0.1, -0.05) is 13.8 Å². The van der Waals surface area contributed by atoms with Crippen LogP contribution in [0, 0.1) is 10.8 Å². The first-order valence-electron chi connectivity index (χ1n) is 5.16. The van der Waals surface area contributed by atoms with E-state index in [1.165, 1.54) is 7.11 Å². The maximum Gasteiger partial charge on any atom is 0.323 e. The van der Waals surface area contributed by atoms with Crippen LogP contribution < -0.4 is 0 Å². The zero-order valence-corrected chi connectivity index (χ0v) is 9.50. The molecule has 86 valence electrons. The Labute approximate surface area is 89.6 Å². The first-order chi connectivity index (χ1) is 6.84. The monoisotopic (exact) mass is 214 g/mol. The van der Waals surface area contributed by atoms with Gasteiger partial charge in [-0.25, -0.2) is 0 Å². The number of carboxylic acid groups (broad SMARTS) is 1. The summed E-state index contributed by atoms with van der Waals surface area (Å²) in [5.74, 6) is -1.66. The van der Waals surface area contributed by atoms with Gasteiger partial charge < -0.3 is 9.84 Å². The van der Waals surface area contributed by atoms with Gasteiger partial charge in [-0.15, -0.1) is 0 Å². The molecule has 0 aromatic carbocycles. The second-order valence-corrected chi connectivity index (χ2v) is 5.04. The Kier molecular flexibility index (Phi) is 3.07. The lowest BCUT2D eigenvalue weighted by Crippen LogP contribution is -2.44. The van der Waals surface area contributed by atoms with E-state index >= 15 is 0 Å². The zero-order valence-electron chi connectivity index (χ0n) is 9.50. The zero-order chi connectivity index (χ0) is 11.7. The van der Waals surface area contributed by atoms with E-state index in [0.29, 0.717) is 12.8 Å². The number of rotatable bonds is 2. The molecule has 15 heavy (non-hydrogen) atoms. The number of ether oxygens (including phenoxy) is 1. The number of carbonyl (C=O) groups is 2. The molecule has 1 fully saturated rings. The van der Waals surface area contributed by atoms with E-state index < -0.39 is 17.4 Å². The van der Waals surface area contributed by atoms with Crippen molar-refractivity contribution in [2.45, 2.75) is 39.5 Å². The van der Waals surface area contributed by atoms with E-state index in [2.05, 4.69) is 18.6 Å². The lowest BCUT2D eigenvalue weighted by atomic mass is 9.65. The fourth-order valence-electron chi connectivity index (χ4n) is 2.05. The molecule has 0 heterocycles. The van der Waals surface area contributed by atoms with Gasteiger partial charge in [0.25, 0.3) is 0 Å². The van der Waals surface area contributed by atoms with Crippen molar-refractivity contribution in [2.24, 2.45) is 10.8 Å². The summed E-state index contributed by atoms with van der Waals surface area (Å²) in [7, 11) is 1.24. The van der Waals surface area contributed by atoms with Crippen LogP contribution in [0.3, 0.4) is 0 Å². The molecular formula is C11H18O4. The molecule has 1 saturated carbocycles. The number of methoxy groups -OCH3 is 1. The van der Waals surface area contributed by atoms with E-state index in [1.807, 2.05) is 0 Å². The molecule has 0 saturated heterocycles. The van der Waals surface area contributed by atoms with E-state index in [9.17, 15) is 9.59 Å². The Hall–Kier alpha value is -1.06. The second-order valence-electron chi connectivity index (χ2n) is 5.04. The molecular weight excluding hydrogens is 196 g/mol. The Morgan fingerprint density at radius 1 is 1.13 bits per heavy atom. The largest absolute Gasteiger partial charge is 0.480 e. The summed E-state index contributed by atoms with van der Waals surface area (Å²) in [6.45, 7) is 4.19. The van der Waals surface area contributed by atoms with Crippen molar-refractivity contribution in [2.75, 3.05) is 7.11 Å². The maximum atomic E-state index is 11.5. The highest BCUT2D eigenvalue weighted by Gasteiger charge is 2.50. The molecule has 4 heteroatoms. The molecule has 0 aliphatic heterocycles. The number of aliphatic carboxylic acids is 1. The Bertz CT molecular complexity index is 270. The first-order valence-corrected chi connectivity index (χ1v) is 5.16. The number of carboxylic acids is 1. The van der Waals surface area contributed by atoms with Gasteiger partial charge >= 0.3 is 11.9 Å². The van der Waals surface area contributed by atoms with Gasteiger partial charge in [-0.3, -0.25) is 9.59 Å². The average molecular weight is 214 g/mol. The third-order valence-corrected chi connectivity index (χ3v) is 3.44. The summed E-state index contributed by atoms with van der Waals surface area (Å²) in [6.07, 6.45) is 2.24. The fourth-order valence-corrected chi connectivity index (χ4v) is 2.05. The Morgan fingerprint density at radius 3 is 1.93 bits per heavy atom. The number of carbonyl (C=O) groups excluding carboxylic acids is 1. The fraction of sp³-hybridized carbons (Fsp3) is 0.818. The minimum atomic E-state index is -1.30. The quantitative estimate of drug-likeness (QED) is 0.562. The van der Waals surface area contributed by atoms with E-state index in [-0.39, 0.29) is 5.41 Å². The second kappa shape index (κ2) is 3.83. The minimum Gasteiger partial charge on any atom is -0.480 e. The average Bonchev–Trinajstić information content (AvgIpc) is 2.17.